The van der Waals surface area contributed by atoms with E-state index in [1.807, 2.05) is 159 Å². The largest absolute Gasteiger partial charge is 1.00 e. The second kappa shape index (κ2) is 56.5. The van der Waals surface area contributed by atoms with Gasteiger partial charge in [0.25, 0.3) is 6.47 Å². The maximum atomic E-state index is 12.7. The zero-order chi connectivity index (χ0) is 91.4. The Balaban J connectivity index is 0.000000428. The number of fused-ring (bicyclic) bond motifs is 1. The van der Waals surface area contributed by atoms with Crippen LogP contribution in [0.3, 0.4) is 0 Å². The molecule has 1 atom stereocenters. The van der Waals surface area contributed by atoms with Crippen molar-refractivity contribution < 1.29 is 265 Å². The van der Waals surface area contributed by atoms with Crippen LogP contribution < -0.4 is 242 Å². The first-order valence-corrected chi connectivity index (χ1v) is 38.6. The summed E-state index contributed by atoms with van der Waals surface area (Å²) in [5.74, 6) is 6.08. The maximum absolute atomic E-state index is 12.7. The summed E-state index contributed by atoms with van der Waals surface area (Å²) >= 11 is 3.14. The number of halogens is 1. The molecule has 7 heterocycles. The molecule has 0 bridgehead atoms. The van der Waals surface area contributed by atoms with Gasteiger partial charge in [0.1, 0.15) is 41.1 Å². The van der Waals surface area contributed by atoms with Gasteiger partial charge in [0.05, 0.1) is 126 Å². The molecule has 6 aromatic carbocycles. The van der Waals surface area contributed by atoms with Crippen molar-refractivity contribution >= 4 is 112 Å². The Kier molecular flexibility index (Phi) is 48.7. The number of aryl methyl sites for hydroxylation is 6. The Morgan fingerprint density at radius 3 is 1.30 bits per heavy atom. The minimum atomic E-state index is -0.639. The van der Waals surface area contributed by atoms with Crippen LogP contribution in [0.25, 0.3) is 17.1 Å². The zero-order valence-electron chi connectivity index (χ0n) is 75.8. The van der Waals surface area contributed by atoms with Gasteiger partial charge in [-0.2, -0.15) is 15.0 Å². The number of aromatic nitrogens is 12. The van der Waals surface area contributed by atoms with Crippen LogP contribution in [0.5, 0.6) is 51.7 Å². The molecule has 6 N–H and O–H groups in total. The summed E-state index contributed by atoms with van der Waals surface area (Å²) < 4.78 is 53.5. The first kappa shape index (κ1) is 110. The molecule has 0 fully saturated rings. The number of alkyl halides is 1. The minimum Gasteiger partial charge on any atom is -1.00 e. The van der Waals surface area contributed by atoms with Crippen molar-refractivity contribution in [2.24, 2.45) is 0 Å². The Morgan fingerprint density at radius 2 is 0.930 bits per heavy atom. The topological polar surface area (TPSA) is 451 Å². The molecule has 0 aliphatic carbocycles. The van der Waals surface area contributed by atoms with Gasteiger partial charge in [-0.3, -0.25) is 19.2 Å². The molecule has 3 radical (unpaired) electrons. The minimum absolute atomic E-state index is 0. The number of likely N-dealkylation sites (N-methyl/N-ethyl adjacent to an activating group) is 1. The number of rotatable bonds is 25. The van der Waals surface area contributed by atoms with E-state index in [0.29, 0.717) is 81.5 Å². The number of ether oxygens (including phenoxy) is 8. The monoisotopic (exact) mass is 2070 g/mol. The molecule has 1 unspecified atom stereocenters. The Bertz CT molecular complexity index is 5660. The predicted octanol–water partition coefficient (Wildman–Crippen LogP) is 3.22. The van der Waals surface area contributed by atoms with Gasteiger partial charge in [-0.15, -0.1) is 0 Å². The number of hydrogen-bond donors (Lipinski definition) is 6. The fourth-order valence-corrected chi connectivity index (χ4v) is 11.7. The average Bonchev–Trinajstić information content (AvgIpc) is 1.30. The van der Waals surface area contributed by atoms with Crippen molar-refractivity contribution in [1.29, 1.82) is 0 Å². The molecule has 1 aliphatic rings. The first-order chi connectivity index (χ1) is 60.0. The molecule has 6 aromatic heterocycles. The second-order valence-electron chi connectivity index (χ2n) is 26.3. The molecule has 43 heteroatoms. The van der Waals surface area contributed by atoms with Crippen molar-refractivity contribution in [1.82, 2.24) is 58.6 Å². The third-order valence-electron chi connectivity index (χ3n) is 17.5. The fourth-order valence-electron chi connectivity index (χ4n) is 11.4. The van der Waals surface area contributed by atoms with Crippen LogP contribution in [-0.2, 0) is 38.5 Å². The van der Waals surface area contributed by atoms with Crippen molar-refractivity contribution in [3.05, 3.63) is 216 Å². The van der Waals surface area contributed by atoms with Gasteiger partial charge >= 0.3 is 179 Å². The number of nitrogens with zero attached hydrogens (tertiary/aromatic N) is 13. The van der Waals surface area contributed by atoms with Crippen LogP contribution in [-0.4, -0.2) is 190 Å². The molecule has 38 nitrogen and oxygen atoms in total. The van der Waals surface area contributed by atoms with Gasteiger partial charge in [-0.1, -0.05) is 34.1 Å². The molecule has 0 saturated heterocycles. The number of ketones is 2. The number of anilines is 9. The summed E-state index contributed by atoms with van der Waals surface area (Å²) in [4.78, 5) is 113. The van der Waals surface area contributed by atoms with E-state index in [1.54, 1.807) is 94.1 Å². The molecule has 0 amide bonds. The summed E-state index contributed by atoms with van der Waals surface area (Å²) in [6, 6.07) is 34.1. The van der Waals surface area contributed by atoms with E-state index in [2.05, 4.69) is 134 Å². The van der Waals surface area contributed by atoms with E-state index in [1.165, 1.54) is 24.9 Å². The van der Waals surface area contributed by atoms with E-state index >= 15 is 0 Å². The van der Waals surface area contributed by atoms with E-state index in [9.17, 15) is 29.1 Å². The normalized spacial score (nSPS) is 10.9. The zero-order valence-corrected chi connectivity index (χ0v) is 91.0. The maximum Gasteiger partial charge on any atom is 1.00 e. The molecule has 128 heavy (non-hydrogen) atoms. The van der Waals surface area contributed by atoms with Gasteiger partial charge in [0, 0.05) is 107 Å². The van der Waals surface area contributed by atoms with Crippen LogP contribution in [0.15, 0.2) is 165 Å². The van der Waals surface area contributed by atoms with Crippen LogP contribution >= 0.6 is 15.9 Å². The Hall–Kier alpha value is -9.98. The number of benzene rings is 6. The Labute approximate surface area is 890 Å². The third kappa shape index (κ3) is 33.5. The van der Waals surface area contributed by atoms with Gasteiger partial charge in [0.2, 0.25) is 29.6 Å². The second-order valence-corrected chi connectivity index (χ2v) is 26.8. The molecule has 13 rings (SSSR count). The fraction of sp³-hybridized carbons (Fsp3) is 0.259. The molecule has 659 valence electrons. The van der Waals surface area contributed by atoms with E-state index in [-0.39, 0.29) is 205 Å². The van der Waals surface area contributed by atoms with Crippen LogP contribution in [0.2, 0.25) is 0 Å². The van der Waals surface area contributed by atoms with Crippen LogP contribution in [0, 0.1) is 41.5 Å². The number of methoxy groups -OCH3 is 6. The summed E-state index contributed by atoms with van der Waals surface area (Å²) in [6.07, 6.45) is 15.6. The standard InChI is InChI=1S/C26H28N6O4.C26H28N6O3.C16H18N6O2.C10H11BrO2.C4H6O4.C2H3BO2.CH2O3.2Cs.Na.H/c1-16-6-8-19(34-4)11-20(16)22(33)14-36-24-12-28-26(31-25(24)27-3)30-18-7-9-21(23(10-18)35-5)32-13-17(2)29-15-32;1-16-6-8-19(33-4)11-20(16)22-14-35-24-12-27-26(30-25(24)31(22)3)29-18-7-9-21(23(10-18)34-5)32-13-17(2)28-15-32;1-10-8-22(9-19-10)12-5-4-11(6-14(12)24-3)20-16-18-7-13(23)15(17-2)21-16;1-7-3-4-8(13-2)5-9(7)10(12)6-11;1-3(5)7-8-4(2)6;1-2(4)5-3;2-1-4-3;;;;/h6-13,15H,14H2,1-5H3,(H2,27,28,30,31);6-13,15,22H,14H2,1-5H3,(H,27,29,30);4-9,23H,1-3H3,(H2,17,18,20,21);3-5H,6H2,1-2H3;1-2H3;1H3;1,3H;;;;/q;;;;;-1;;3*+1;-1/p-1. The number of carbonyl (C=O) groups excluding carboxylic acids is 6. The number of Topliss-reactive ketones (excluding diaryl/α,β-unsaturated/α-hetero) is 2. The summed E-state index contributed by atoms with van der Waals surface area (Å²) in [5, 5.41) is 33.7. The number of aromatic hydroxyl groups is 1. The van der Waals surface area contributed by atoms with Gasteiger partial charge < -0.3 is 112 Å². The van der Waals surface area contributed by atoms with Gasteiger partial charge in [0.15, 0.2) is 47.1 Å². The van der Waals surface area contributed by atoms with Crippen molar-refractivity contribution in [3.63, 3.8) is 0 Å². The van der Waals surface area contributed by atoms with Crippen molar-refractivity contribution in [2.75, 3.05) is 114 Å². The van der Waals surface area contributed by atoms with Crippen molar-refractivity contribution in [2.45, 2.75) is 68.4 Å². The number of nitrogens with one attached hydrogen (secondary N) is 5. The Morgan fingerprint density at radius 1 is 0.539 bits per heavy atom. The van der Waals surface area contributed by atoms with E-state index < -0.39 is 17.9 Å². The van der Waals surface area contributed by atoms with E-state index in [0.717, 1.165) is 105 Å². The number of imidazole rings is 3. The molecular formula is C85H96BBrCs2N18NaO20. The van der Waals surface area contributed by atoms with Crippen molar-refractivity contribution in [3.8, 4) is 68.8 Å². The molecule has 0 spiro atoms. The number of carbonyl (C=O) groups is 6. The summed E-state index contributed by atoms with van der Waals surface area (Å²) in [7, 11) is 19.4. The smallest absolute Gasteiger partial charge is 1.00 e. The summed E-state index contributed by atoms with van der Waals surface area (Å²) in [6.45, 7) is 15.4. The third-order valence-corrected chi connectivity index (χ3v) is 18.0. The van der Waals surface area contributed by atoms with Crippen LogP contribution in [0.4, 0.5) is 52.4 Å². The quantitative estimate of drug-likeness (QED) is 0.0119. The van der Waals surface area contributed by atoms with E-state index in [4.69, 9.17) is 52.9 Å². The first-order valence-electron chi connectivity index (χ1n) is 37.5. The molecule has 0 saturated carbocycles. The SMILES string of the molecule is CC(=O)OOC(C)=O.CNc1nc(Nc2ccc(-n3cnc(C)c3)c(OC)c2)ncc1O.CNc1nc(Nc2ccc(-n3cnc(C)c3)c(OC)c2)ncc1OCC(=O)c1cc(OC)ccc1C.COc1ccc(C)c(C(=O)CBr)c1.COc1ccc(C)c(C2COc3cnc(Nc4ccc(-n5cnc(C)c5)c(OC)c4)nc3N2C)c1.O=CO[O-].[B-]OC(C)=O.[Cs+].[Cs+].[H-].[Na+]. The van der Waals surface area contributed by atoms with Gasteiger partial charge in [-0.05, 0) is 137 Å². The van der Waals surface area contributed by atoms with Crippen LogP contribution in [0.1, 0.15) is 88.3 Å². The predicted molar refractivity (Wildman–Crippen MR) is 468 cm³/mol. The molecule has 1 aliphatic heterocycles. The molecule has 12 aromatic rings. The van der Waals surface area contributed by atoms with Gasteiger partial charge in [-0.25, -0.2) is 49.3 Å². The summed E-state index contributed by atoms with van der Waals surface area (Å²) in [5.41, 5.74) is 13.1. The number of hydrogen-bond acceptors (Lipinski definition) is 35. The molecular weight excluding hydrogens is 1970 g/mol. The average molecular weight is 2070 g/mol.